The van der Waals surface area contributed by atoms with Gasteiger partial charge >= 0.3 is 0 Å². The Morgan fingerprint density at radius 1 is 1.10 bits per heavy atom. The molecule has 4 nitrogen and oxygen atoms in total. The highest BCUT2D eigenvalue weighted by Crippen LogP contribution is 2.18. The van der Waals surface area contributed by atoms with Crippen LogP contribution in [0.5, 0.6) is 0 Å². The van der Waals surface area contributed by atoms with Crippen LogP contribution in [0.15, 0.2) is 47.4 Å². The van der Waals surface area contributed by atoms with Crippen LogP contribution >= 0.6 is 0 Å². The van der Waals surface area contributed by atoms with E-state index in [1.54, 1.807) is 12.1 Å². The molecule has 0 heterocycles. The summed E-state index contributed by atoms with van der Waals surface area (Å²) in [6, 6.07) is 12.8. The van der Waals surface area contributed by atoms with E-state index in [4.69, 9.17) is 4.74 Å². The lowest BCUT2D eigenvalue weighted by Crippen LogP contribution is -2.25. The van der Waals surface area contributed by atoms with Gasteiger partial charge in [-0.3, -0.25) is 0 Å². The highest BCUT2D eigenvalue weighted by Gasteiger charge is 2.13. The van der Waals surface area contributed by atoms with Crippen molar-refractivity contribution in [3.63, 3.8) is 0 Å². The van der Waals surface area contributed by atoms with E-state index in [9.17, 15) is 8.42 Å². The molecule has 0 amide bonds. The minimum Gasteiger partial charge on any atom is -0.382 e. The molecule has 0 spiro atoms. The molecule has 0 atom stereocenters. The molecular formula is C15H19NO3S. The number of hydrogen-bond acceptors (Lipinski definition) is 3. The van der Waals surface area contributed by atoms with Gasteiger partial charge in [0.25, 0.3) is 0 Å². The van der Waals surface area contributed by atoms with Crippen molar-refractivity contribution in [3.8, 4) is 0 Å². The van der Waals surface area contributed by atoms with Crippen LogP contribution in [0.25, 0.3) is 10.8 Å². The van der Waals surface area contributed by atoms with Crippen molar-refractivity contribution in [2.45, 2.75) is 18.2 Å². The lowest BCUT2D eigenvalue weighted by Gasteiger charge is -2.08. The Hall–Kier alpha value is -1.43. The Kier molecular flexibility index (Phi) is 5.11. The zero-order valence-corrected chi connectivity index (χ0v) is 12.3. The molecule has 0 saturated heterocycles. The van der Waals surface area contributed by atoms with Crippen LogP contribution in [0.2, 0.25) is 0 Å². The summed E-state index contributed by atoms with van der Waals surface area (Å²) in [4.78, 5) is 0.299. The predicted molar refractivity (Wildman–Crippen MR) is 80.2 cm³/mol. The fraction of sp³-hybridized carbons (Fsp3) is 0.333. The van der Waals surface area contributed by atoms with E-state index in [-0.39, 0.29) is 0 Å². The summed E-state index contributed by atoms with van der Waals surface area (Å²) >= 11 is 0. The van der Waals surface area contributed by atoms with E-state index in [1.807, 2.05) is 37.3 Å². The van der Waals surface area contributed by atoms with Crippen LogP contribution in [-0.4, -0.2) is 28.2 Å². The molecule has 0 bridgehead atoms. The maximum atomic E-state index is 12.2. The second kappa shape index (κ2) is 6.83. The minimum absolute atomic E-state index is 0.299. The first-order chi connectivity index (χ1) is 9.63. The van der Waals surface area contributed by atoms with E-state index in [2.05, 4.69) is 4.72 Å². The third-order valence-electron chi connectivity index (χ3n) is 2.99. The van der Waals surface area contributed by atoms with Gasteiger partial charge in [0.05, 0.1) is 4.90 Å². The van der Waals surface area contributed by atoms with Gasteiger partial charge in [0.15, 0.2) is 0 Å². The highest BCUT2D eigenvalue weighted by molar-refractivity contribution is 7.89. The summed E-state index contributed by atoms with van der Waals surface area (Å²) in [7, 11) is -3.44. The summed E-state index contributed by atoms with van der Waals surface area (Å²) < 4.78 is 32.1. The summed E-state index contributed by atoms with van der Waals surface area (Å²) in [5.74, 6) is 0. The Labute approximate surface area is 119 Å². The minimum atomic E-state index is -3.44. The van der Waals surface area contributed by atoms with Crippen LogP contribution < -0.4 is 4.72 Å². The first kappa shape index (κ1) is 15.0. The van der Waals surface area contributed by atoms with Crippen molar-refractivity contribution >= 4 is 20.8 Å². The normalized spacial score (nSPS) is 11.8. The average molecular weight is 293 g/mol. The Bertz CT molecular complexity index is 668. The maximum Gasteiger partial charge on any atom is 0.240 e. The summed E-state index contributed by atoms with van der Waals surface area (Å²) in [6.07, 6.45) is 0.667. The zero-order chi connectivity index (χ0) is 14.4. The lowest BCUT2D eigenvalue weighted by molar-refractivity contribution is 0.146. The summed E-state index contributed by atoms with van der Waals surface area (Å²) in [5, 5.41) is 1.95. The monoisotopic (exact) mass is 293 g/mol. The molecule has 0 aromatic heterocycles. The van der Waals surface area contributed by atoms with Crippen molar-refractivity contribution in [3.05, 3.63) is 42.5 Å². The second-order valence-electron chi connectivity index (χ2n) is 4.46. The van der Waals surface area contributed by atoms with Crippen LogP contribution in [0.1, 0.15) is 13.3 Å². The number of ether oxygens (including phenoxy) is 1. The van der Waals surface area contributed by atoms with Crippen LogP contribution in [0, 0.1) is 0 Å². The number of fused-ring (bicyclic) bond motifs is 1. The van der Waals surface area contributed by atoms with Crippen LogP contribution in [0.3, 0.4) is 0 Å². The Morgan fingerprint density at radius 3 is 2.60 bits per heavy atom. The maximum absolute atomic E-state index is 12.2. The van der Waals surface area contributed by atoms with Crippen molar-refractivity contribution < 1.29 is 13.2 Å². The van der Waals surface area contributed by atoms with Gasteiger partial charge in [-0.25, -0.2) is 13.1 Å². The molecule has 0 unspecified atom stereocenters. The molecule has 0 radical (unpaired) electrons. The zero-order valence-electron chi connectivity index (χ0n) is 11.5. The first-order valence-corrected chi connectivity index (χ1v) is 8.18. The van der Waals surface area contributed by atoms with Crippen molar-refractivity contribution in [2.75, 3.05) is 19.8 Å². The van der Waals surface area contributed by atoms with Gasteiger partial charge in [0.2, 0.25) is 10.0 Å². The predicted octanol–water partition coefficient (Wildman–Crippen LogP) is 2.54. The van der Waals surface area contributed by atoms with Crippen LogP contribution in [-0.2, 0) is 14.8 Å². The molecule has 20 heavy (non-hydrogen) atoms. The van der Waals surface area contributed by atoms with Gasteiger partial charge in [-0.1, -0.05) is 30.3 Å². The Balaban J connectivity index is 2.07. The van der Waals surface area contributed by atoms with Gasteiger partial charge in [-0.2, -0.15) is 0 Å². The molecule has 1 N–H and O–H groups in total. The van der Waals surface area contributed by atoms with Crippen molar-refractivity contribution in [2.24, 2.45) is 0 Å². The third-order valence-corrected chi connectivity index (χ3v) is 4.45. The third kappa shape index (κ3) is 3.79. The molecule has 0 aliphatic heterocycles. The standard InChI is InChI=1S/C15H19NO3S/c1-2-19-11-5-10-16-20(17,18)15-9-8-13-6-3-4-7-14(13)12-15/h3-4,6-9,12,16H,2,5,10-11H2,1H3. The first-order valence-electron chi connectivity index (χ1n) is 6.69. The molecule has 0 aliphatic carbocycles. The number of hydrogen-bond donors (Lipinski definition) is 1. The molecule has 0 saturated carbocycles. The summed E-state index contributed by atoms with van der Waals surface area (Å²) in [5.41, 5.74) is 0. The van der Waals surface area contributed by atoms with Gasteiger partial charge in [0, 0.05) is 19.8 Å². The molecule has 0 aliphatic rings. The molecule has 108 valence electrons. The van der Waals surface area contributed by atoms with E-state index in [1.165, 1.54) is 0 Å². The topological polar surface area (TPSA) is 55.4 Å². The van der Waals surface area contributed by atoms with E-state index >= 15 is 0 Å². The number of rotatable bonds is 7. The van der Waals surface area contributed by atoms with E-state index in [0.29, 0.717) is 31.1 Å². The van der Waals surface area contributed by atoms with Crippen molar-refractivity contribution in [1.29, 1.82) is 0 Å². The molecule has 2 aromatic carbocycles. The molecule has 2 aromatic rings. The van der Waals surface area contributed by atoms with E-state index < -0.39 is 10.0 Å². The van der Waals surface area contributed by atoms with Crippen LogP contribution in [0.4, 0.5) is 0 Å². The largest absolute Gasteiger partial charge is 0.382 e. The smallest absolute Gasteiger partial charge is 0.240 e. The van der Waals surface area contributed by atoms with E-state index in [0.717, 1.165) is 10.8 Å². The van der Waals surface area contributed by atoms with Gasteiger partial charge in [0.1, 0.15) is 0 Å². The number of nitrogens with one attached hydrogen (secondary N) is 1. The number of benzene rings is 2. The Morgan fingerprint density at radius 2 is 1.85 bits per heavy atom. The van der Waals surface area contributed by atoms with Gasteiger partial charge in [-0.15, -0.1) is 0 Å². The molecule has 0 fully saturated rings. The van der Waals surface area contributed by atoms with Crippen molar-refractivity contribution in [1.82, 2.24) is 4.72 Å². The second-order valence-corrected chi connectivity index (χ2v) is 6.22. The fourth-order valence-corrected chi connectivity index (χ4v) is 3.05. The highest BCUT2D eigenvalue weighted by atomic mass is 32.2. The fourth-order valence-electron chi connectivity index (χ4n) is 1.94. The number of sulfonamides is 1. The average Bonchev–Trinajstić information content (AvgIpc) is 2.46. The quantitative estimate of drug-likeness (QED) is 0.798. The molecular weight excluding hydrogens is 274 g/mol. The van der Waals surface area contributed by atoms with Gasteiger partial charge < -0.3 is 4.74 Å². The lowest BCUT2D eigenvalue weighted by atomic mass is 10.1. The molecule has 5 heteroatoms. The SMILES string of the molecule is CCOCCCNS(=O)(=O)c1ccc2ccccc2c1. The van der Waals surface area contributed by atoms with Gasteiger partial charge in [-0.05, 0) is 36.2 Å². The molecule has 2 rings (SSSR count). The summed E-state index contributed by atoms with van der Waals surface area (Å²) in [6.45, 7) is 3.52.